The van der Waals surface area contributed by atoms with Gasteiger partial charge in [-0.2, -0.15) is 0 Å². The lowest BCUT2D eigenvalue weighted by atomic mass is 10.4. The third kappa shape index (κ3) is 3.61. The van der Waals surface area contributed by atoms with E-state index in [4.69, 9.17) is 11.6 Å². The number of rotatable bonds is 4. The van der Waals surface area contributed by atoms with E-state index in [-0.39, 0.29) is 10.8 Å². The molecule has 1 amide bonds. The summed E-state index contributed by atoms with van der Waals surface area (Å²) in [5.41, 5.74) is 0.720. The minimum absolute atomic E-state index is 0.109. The Balaban J connectivity index is 2.35. The van der Waals surface area contributed by atoms with Crippen LogP contribution in [0.25, 0.3) is 0 Å². The van der Waals surface area contributed by atoms with Crippen molar-refractivity contribution < 1.29 is 4.79 Å². The molecule has 0 unspecified atom stereocenters. The number of hydrogen-bond donors (Lipinski definition) is 2. The molecule has 6 heteroatoms. The Hall–Kier alpha value is -0.810. The van der Waals surface area contributed by atoms with Gasteiger partial charge in [-0.05, 0) is 0 Å². The van der Waals surface area contributed by atoms with Crippen LogP contribution in [0.3, 0.4) is 0 Å². The highest BCUT2D eigenvalue weighted by Gasteiger charge is 2.00. The molecule has 0 saturated heterocycles. The number of aromatic nitrogens is 1. The van der Waals surface area contributed by atoms with E-state index in [1.807, 2.05) is 0 Å². The zero-order chi connectivity index (χ0) is 9.68. The fourth-order valence-corrected chi connectivity index (χ4v) is 1.52. The van der Waals surface area contributed by atoms with E-state index < -0.39 is 0 Å². The predicted molar refractivity (Wildman–Crippen MR) is 52.1 cm³/mol. The molecule has 0 spiro atoms. The molecule has 0 aliphatic rings. The first-order chi connectivity index (χ1) is 6.22. The van der Waals surface area contributed by atoms with Gasteiger partial charge in [-0.15, -0.1) is 11.6 Å². The summed E-state index contributed by atoms with van der Waals surface area (Å²) in [5, 5.41) is 4.31. The van der Waals surface area contributed by atoms with Crippen LogP contribution in [0.15, 0.2) is 10.2 Å². The van der Waals surface area contributed by atoms with Crippen LogP contribution in [0, 0.1) is 0 Å². The fraction of sp³-hybridized carbons (Fsp3) is 0.429. The Morgan fingerprint density at radius 3 is 3.00 bits per heavy atom. The molecule has 0 fully saturated rings. The molecule has 4 nitrogen and oxygen atoms in total. The van der Waals surface area contributed by atoms with Gasteiger partial charge >= 0.3 is 4.87 Å². The highest BCUT2D eigenvalue weighted by molar-refractivity contribution is 7.07. The molecule has 0 aliphatic heterocycles. The molecule has 1 rings (SSSR count). The van der Waals surface area contributed by atoms with Gasteiger partial charge in [0.2, 0.25) is 5.91 Å². The van der Waals surface area contributed by atoms with Crippen molar-refractivity contribution in [2.24, 2.45) is 0 Å². The summed E-state index contributed by atoms with van der Waals surface area (Å²) in [6.45, 7) is 0.356. The van der Waals surface area contributed by atoms with Crippen molar-refractivity contribution in [2.45, 2.75) is 13.0 Å². The quantitative estimate of drug-likeness (QED) is 0.734. The lowest BCUT2D eigenvalue weighted by molar-refractivity contribution is -0.120. The minimum Gasteiger partial charge on any atom is -0.350 e. The van der Waals surface area contributed by atoms with Crippen LogP contribution in [0.4, 0.5) is 0 Å². The van der Waals surface area contributed by atoms with Gasteiger partial charge in [-0.1, -0.05) is 11.3 Å². The first-order valence-electron chi connectivity index (χ1n) is 3.71. The molecule has 0 atom stereocenters. The van der Waals surface area contributed by atoms with Crippen LogP contribution in [-0.2, 0) is 11.3 Å². The van der Waals surface area contributed by atoms with Crippen LogP contribution in [-0.4, -0.2) is 16.8 Å². The summed E-state index contributed by atoms with van der Waals surface area (Å²) in [6, 6.07) is 0. The lowest BCUT2D eigenvalue weighted by Gasteiger charge is -2.00. The number of carbonyl (C=O) groups is 1. The van der Waals surface area contributed by atoms with Crippen molar-refractivity contribution in [1.82, 2.24) is 10.3 Å². The third-order valence-corrected chi connectivity index (χ3v) is 2.28. The number of H-pyrrole nitrogens is 1. The summed E-state index contributed by atoms with van der Waals surface area (Å²) in [5.74, 6) is 0.202. The van der Waals surface area contributed by atoms with E-state index in [2.05, 4.69) is 10.3 Å². The smallest absolute Gasteiger partial charge is 0.304 e. The number of carbonyl (C=O) groups excluding carboxylic acids is 1. The third-order valence-electron chi connectivity index (χ3n) is 1.37. The SMILES string of the molecule is O=C(CCCl)NCc1csc(=O)[nH]1. The second-order valence-corrected chi connectivity index (χ2v) is 3.61. The number of thiazole rings is 1. The van der Waals surface area contributed by atoms with E-state index in [9.17, 15) is 9.59 Å². The van der Waals surface area contributed by atoms with Gasteiger partial charge in [0.15, 0.2) is 0 Å². The van der Waals surface area contributed by atoms with E-state index in [0.29, 0.717) is 18.8 Å². The van der Waals surface area contributed by atoms with Crippen LogP contribution in [0.5, 0.6) is 0 Å². The summed E-state index contributed by atoms with van der Waals surface area (Å²) in [6.07, 6.45) is 0.302. The van der Waals surface area contributed by atoms with Crippen LogP contribution < -0.4 is 10.2 Å². The Morgan fingerprint density at radius 2 is 2.46 bits per heavy atom. The molecule has 1 heterocycles. The Morgan fingerprint density at radius 1 is 1.69 bits per heavy atom. The largest absolute Gasteiger partial charge is 0.350 e. The maximum Gasteiger partial charge on any atom is 0.304 e. The second-order valence-electron chi connectivity index (χ2n) is 2.39. The van der Waals surface area contributed by atoms with E-state index in [1.54, 1.807) is 5.38 Å². The molecule has 1 aromatic rings. The fourth-order valence-electron chi connectivity index (χ4n) is 0.769. The van der Waals surface area contributed by atoms with Gasteiger partial charge in [0.25, 0.3) is 0 Å². The minimum atomic E-state index is -0.110. The first-order valence-corrected chi connectivity index (χ1v) is 5.13. The first kappa shape index (κ1) is 10.3. The molecule has 0 aromatic carbocycles. The van der Waals surface area contributed by atoms with Crippen molar-refractivity contribution in [2.75, 3.05) is 5.88 Å². The zero-order valence-corrected chi connectivity index (χ0v) is 8.37. The van der Waals surface area contributed by atoms with Crippen molar-refractivity contribution >= 4 is 28.8 Å². The Kier molecular flexibility index (Phi) is 3.98. The van der Waals surface area contributed by atoms with Gasteiger partial charge in [0, 0.05) is 23.4 Å². The molecule has 13 heavy (non-hydrogen) atoms. The molecule has 0 bridgehead atoms. The van der Waals surface area contributed by atoms with Crippen molar-refractivity contribution in [3.63, 3.8) is 0 Å². The van der Waals surface area contributed by atoms with Crippen LogP contribution in [0.2, 0.25) is 0 Å². The standard InChI is InChI=1S/C7H9ClN2O2S/c8-2-1-6(11)9-3-5-4-13-7(12)10-5/h4H,1-3H2,(H,9,11)(H,10,12). The normalized spacial score (nSPS) is 9.92. The number of nitrogens with one attached hydrogen (secondary N) is 2. The molecule has 2 N–H and O–H groups in total. The zero-order valence-electron chi connectivity index (χ0n) is 6.80. The summed E-state index contributed by atoms with van der Waals surface area (Å²) in [7, 11) is 0. The van der Waals surface area contributed by atoms with Crippen molar-refractivity contribution in [3.05, 3.63) is 20.7 Å². The van der Waals surface area contributed by atoms with Crippen molar-refractivity contribution in [1.29, 1.82) is 0 Å². The summed E-state index contributed by atoms with van der Waals surface area (Å²) < 4.78 is 0. The lowest BCUT2D eigenvalue weighted by Crippen LogP contribution is -2.23. The topological polar surface area (TPSA) is 62.0 Å². The highest BCUT2D eigenvalue weighted by atomic mass is 35.5. The van der Waals surface area contributed by atoms with Crippen LogP contribution in [0.1, 0.15) is 12.1 Å². The Bertz CT molecular complexity index is 333. The van der Waals surface area contributed by atoms with Crippen LogP contribution >= 0.6 is 22.9 Å². The second kappa shape index (κ2) is 5.04. The maximum atomic E-state index is 10.9. The van der Waals surface area contributed by atoms with Gasteiger partial charge in [0.05, 0.1) is 6.54 Å². The monoisotopic (exact) mass is 220 g/mol. The highest BCUT2D eigenvalue weighted by Crippen LogP contribution is 1.94. The average Bonchev–Trinajstić information content (AvgIpc) is 2.49. The summed E-state index contributed by atoms with van der Waals surface area (Å²) in [4.78, 5) is 24.1. The van der Waals surface area contributed by atoms with Gasteiger partial charge < -0.3 is 10.3 Å². The van der Waals surface area contributed by atoms with Gasteiger partial charge in [-0.3, -0.25) is 9.59 Å². The number of halogens is 1. The maximum absolute atomic E-state index is 10.9. The molecule has 0 aliphatic carbocycles. The summed E-state index contributed by atoms with van der Waals surface area (Å²) >= 11 is 6.45. The number of amides is 1. The number of aromatic amines is 1. The number of hydrogen-bond acceptors (Lipinski definition) is 3. The molecule has 0 radical (unpaired) electrons. The molecular formula is C7H9ClN2O2S. The Labute approximate surface area is 83.9 Å². The molecule has 72 valence electrons. The van der Waals surface area contributed by atoms with Gasteiger partial charge in [0.1, 0.15) is 0 Å². The van der Waals surface area contributed by atoms with Gasteiger partial charge in [-0.25, -0.2) is 0 Å². The van der Waals surface area contributed by atoms with E-state index >= 15 is 0 Å². The van der Waals surface area contributed by atoms with Crippen molar-refractivity contribution in [3.8, 4) is 0 Å². The molecule has 0 saturated carbocycles. The number of alkyl halides is 1. The molecular weight excluding hydrogens is 212 g/mol. The molecule has 1 aromatic heterocycles. The average molecular weight is 221 g/mol. The van der Waals surface area contributed by atoms with E-state index in [0.717, 1.165) is 17.0 Å². The van der Waals surface area contributed by atoms with E-state index in [1.165, 1.54) is 0 Å². The predicted octanol–water partition coefficient (Wildman–Crippen LogP) is 0.682.